The number of likely N-dealkylation sites (N-methyl/N-ethyl adjacent to an activating group) is 1. The van der Waals surface area contributed by atoms with E-state index >= 15 is 0 Å². The van der Waals surface area contributed by atoms with Crippen molar-refractivity contribution in [3.8, 4) is 11.5 Å². The van der Waals surface area contributed by atoms with Crippen molar-refractivity contribution in [3.05, 3.63) is 53.1 Å². The van der Waals surface area contributed by atoms with Crippen LogP contribution >= 0.6 is 11.6 Å². The minimum Gasteiger partial charge on any atom is -0.495 e. The highest BCUT2D eigenvalue weighted by Gasteiger charge is 2.22. The van der Waals surface area contributed by atoms with Crippen molar-refractivity contribution in [1.29, 1.82) is 0 Å². The van der Waals surface area contributed by atoms with Gasteiger partial charge in [-0.3, -0.25) is 9.59 Å². The third-order valence-corrected chi connectivity index (χ3v) is 4.10. The van der Waals surface area contributed by atoms with E-state index in [4.69, 9.17) is 21.1 Å². The van der Waals surface area contributed by atoms with E-state index in [9.17, 15) is 9.59 Å². The van der Waals surface area contributed by atoms with Crippen molar-refractivity contribution >= 4 is 29.1 Å². The van der Waals surface area contributed by atoms with Gasteiger partial charge in [0, 0.05) is 25.2 Å². The molecule has 0 atom stereocenters. The lowest BCUT2D eigenvalue weighted by molar-refractivity contribution is -0.143. The molecule has 6 nitrogen and oxygen atoms in total. The topological polar surface area (TPSA) is 67.9 Å². The van der Waals surface area contributed by atoms with Crippen molar-refractivity contribution in [3.63, 3.8) is 0 Å². The molecule has 0 heterocycles. The fourth-order valence-electron chi connectivity index (χ4n) is 2.41. The summed E-state index contributed by atoms with van der Waals surface area (Å²) in [5.41, 5.74) is 1.25. The van der Waals surface area contributed by atoms with E-state index in [-0.39, 0.29) is 0 Å². The predicted octanol–water partition coefficient (Wildman–Crippen LogP) is 3.34. The number of rotatable bonds is 6. The Morgan fingerprint density at radius 3 is 2.31 bits per heavy atom. The molecule has 0 radical (unpaired) electrons. The molecule has 0 unspecified atom stereocenters. The monoisotopic (exact) mass is 376 g/mol. The minimum absolute atomic E-state index is 0.308. The molecular weight excluding hydrogens is 356 g/mol. The van der Waals surface area contributed by atoms with Gasteiger partial charge in [0.15, 0.2) is 0 Å². The average Bonchev–Trinajstić information content (AvgIpc) is 2.67. The molecule has 2 amide bonds. The predicted molar refractivity (Wildman–Crippen MR) is 101 cm³/mol. The van der Waals surface area contributed by atoms with Crippen LogP contribution in [0.15, 0.2) is 42.5 Å². The number of amides is 2. The van der Waals surface area contributed by atoms with Crippen molar-refractivity contribution in [2.45, 2.75) is 13.5 Å². The molecule has 0 aliphatic heterocycles. The van der Waals surface area contributed by atoms with E-state index in [1.807, 2.05) is 37.3 Å². The molecule has 7 heteroatoms. The summed E-state index contributed by atoms with van der Waals surface area (Å²) in [7, 11) is 2.91. The van der Waals surface area contributed by atoms with Gasteiger partial charge in [-0.05, 0) is 12.5 Å². The third-order valence-electron chi connectivity index (χ3n) is 3.80. The van der Waals surface area contributed by atoms with Crippen LogP contribution in [0.3, 0.4) is 0 Å². The largest absolute Gasteiger partial charge is 0.495 e. The van der Waals surface area contributed by atoms with Crippen LogP contribution in [0.1, 0.15) is 12.5 Å². The van der Waals surface area contributed by atoms with E-state index in [0.717, 1.165) is 5.56 Å². The molecule has 0 aliphatic carbocycles. The Hall–Kier alpha value is -2.73. The Kier molecular flexibility index (Phi) is 6.86. The number of hydrogen-bond donors (Lipinski definition) is 1. The molecular formula is C19H21ClN2O4. The number of hydrogen-bond acceptors (Lipinski definition) is 4. The molecule has 0 saturated heterocycles. The summed E-state index contributed by atoms with van der Waals surface area (Å²) in [5, 5.41) is 2.91. The first kappa shape index (κ1) is 19.6. The molecule has 2 aromatic carbocycles. The summed E-state index contributed by atoms with van der Waals surface area (Å²) < 4.78 is 10.3. The Morgan fingerprint density at radius 2 is 1.73 bits per heavy atom. The molecule has 0 aliphatic rings. The van der Waals surface area contributed by atoms with Gasteiger partial charge in [0.05, 0.1) is 24.9 Å². The second kappa shape index (κ2) is 9.10. The highest BCUT2D eigenvalue weighted by Crippen LogP contribution is 2.35. The number of carbonyl (C=O) groups excluding carboxylic acids is 2. The molecule has 26 heavy (non-hydrogen) atoms. The van der Waals surface area contributed by atoms with Crippen LogP contribution in [0.5, 0.6) is 11.5 Å². The standard InChI is InChI=1S/C19H21ClN2O4/c1-4-22(12-13-8-6-5-7-9-13)19(24)18(23)21-15-11-16(25-2)14(20)10-17(15)26-3/h5-11H,4,12H2,1-3H3,(H,21,23). The number of nitrogens with zero attached hydrogens (tertiary/aromatic N) is 1. The first-order valence-corrected chi connectivity index (χ1v) is 8.43. The fraction of sp³-hybridized carbons (Fsp3) is 0.263. The van der Waals surface area contributed by atoms with Gasteiger partial charge in [-0.2, -0.15) is 0 Å². The molecule has 0 saturated carbocycles. The number of anilines is 1. The lowest BCUT2D eigenvalue weighted by atomic mass is 10.2. The number of benzene rings is 2. The number of halogens is 1. The molecule has 138 valence electrons. The smallest absolute Gasteiger partial charge is 0.314 e. The van der Waals surface area contributed by atoms with Gasteiger partial charge >= 0.3 is 11.8 Å². The number of carbonyl (C=O) groups is 2. The first-order chi connectivity index (χ1) is 12.5. The van der Waals surface area contributed by atoms with Gasteiger partial charge in [0.1, 0.15) is 11.5 Å². The van der Waals surface area contributed by atoms with Crippen LogP contribution in [0.2, 0.25) is 5.02 Å². The molecule has 2 aromatic rings. The van der Waals surface area contributed by atoms with Crippen LogP contribution in [-0.4, -0.2) is 37.5 Å². The van der Waals surface area contributed by atoms with Gasteiger partial charge in [0.2, 0.25) is 0 Å². The van der Waals surface area contributed by atoms with Crippen molar-refractivity contribution in [1.82, 2.24) is 4.90 Å². The Balaban J connectivity index is 2.16. The second-order valence-electron chi connectivity index (χ2n) is 5.45. The summed E-state index contributed by atoms with van der Waals surface area (Å²) in [6.45, 7) is 2.58. The lowest BCUT2D eigenvalue weighted by Crippen LogP contribution is -2.39. The Labute approximate surface area is 157 Å². The second-order valence-corrected chi connectivity index (χ2v) is 5.85. The lowest BCUT2D eigenvalue weighted by Gasteiger charge is -2.21. The maximum absolute atomic E-state index is 12.5. The molecule has 2 rings (SSSR count). The van der Waals surface area contributed by atoms with Crippen LogP contribution in [0.25, 0.3) is 0 Å². The summed E-state index contributed by atoms with van der Waals surface area (Å²) in [5.74, 6) is -0.687. The van der Waals surface area contributed by atoms with Crippen LogP contribution in [-0.2, 0) is 16.1 Å². The van der Waals surface area contributed by atoms with E-state index in [0.29, 0.717) is 35.3 Å². The zero-order chi connectivity index (χ0) is 19.1. The number of ether oxygens (including phenoxy) is 2. The summed E-state index contributed by atoms with van der Waals surface area (Å²) in [4.78, 5) is 26.4. The maximum atomic E-state index is 12.5. The van der Waals surface area contributed by atoms with Gasteiger partial charge in [0.25, 0.3) is 0 Å². The third kappa shape index (κ3) is 4.67. The molecule has 0 spiro atoms. The number of methoxy groups -OCH3 is 2. The zero-order valence-corrected chi connectivity index (χ0v) is 15.7. The van der Waals surface area contributed by atoms with Crippen LogP contribution in [0, 0.1) is 0 Å². The zero-order valence-electron chi connectivity index (χ0n) is 14.9. The SMILES string of the molecule is CCN(Cc1ccccc1)C(=O)C(=O)Nc1cc(OC)c(Cl)cc1OC. The van der Waals surface area contributed by atoms with Gasteiger partial charge in [-0.1, -0.05) is 41.9 Å². The highest BCUT2D eigenvalue weighted by molar-refractivity contribution is 6.39. The molecule has 0 aromatic heterocycles. The van der Waals surface area contributed by atoms with E-state index in [2.05, 4.69) is 5.32 Å². The quantitative estimate of drug-likeness (QED) is 0.785. The Morgan fingerprint density at radius 1 is 1.08 bits per heavy atom. The van der Waals surface area contributed by atoms with Crippen molar-refractivity contribution in [2.75, 3.05) is 26.1 Å². The van der Waals surface area contributed by atoms with Crippen molar-refractivity contribution < 1.29 is 19.1 Å². The van der Waals surface area contributed by atoms with Gasteiger partial charge < -0.3 is 19.7 Å². The van der Waals surface area contributed by atoms with Crippen molar-refractivity contribution in [2.24, 2.45) is 0 Å². The summed E-state index contributed by atoms with van der Waals surface area (Å²) in [6.07, 6.45) is 0. The minimum atomic E-state index is -0.759. The normalized spacial score (nSPS) is 10.2. The highest BCUT2D eigenvalue weighted by atomic mass is 35.5. The summed E-state index contributed by atoms with van der Waals surface area (Å²) >= 11 is 6.05. The maximum Gasteiger partial charge on any atom is 0.314 e. The Bertz CT molecular complexity index is 781. The van der Waals surface area contributed by atoms with Crippen LogP contribution in [0.4, 0.5) is 5.69 Å². The average molecular weight is 377 g/mol. The van der Waals surface area contributed by atoms with Gasteiger partial charge in [-0.25, -0.2) is 0 Å². The summed E-state index contributed by atoms with van der Waals surface area (Å²) in [6, 6.07) is 12.5. The first-order valence-electron chi connectivity index (χ1n) is 8.05. The molecule has 0 bridgehead atoms. The van der Waals surface area contributed by atoms with E-state index in [1.54, 1.807) is 0 Å². The van der Waals surface area contributed by atoms with Crippen LogP contribution < -0.4 is 14.8 Å². The number of nitrogens with one attached hydrogen (secondary N) is 1. The van der Waals surface area contributed by atoms with Gasteiger partial charge in [-0.15, -0.1) is 0 Å². The molecule has 1 N–H and O–H groups in total. The van der Waals surface area contributed by atoms with E-state index in [1.165, 1.54) is 31.3 Å². The molecule has 0 fully saturated rings. The van der Waals surface area contributed by atoms with E-state index < -0.39 is 11.8 Å². The fourth-order valence-corrected chi connectivity index (χ4v) is 2.64.